The minimum Gasteiger partial charge on any atom is -0.408 e. The third-order valence-corrected chi connectivity index (χ3v) is 3.91. The van der Waals surface area contributed by atoms with Crippen molar-refractivity contribution in [2.75, 3.05) is 11.9 Å². The molecule has 0 saturated carbocycles. The maximum Gasteiger partial charge on any atom is 0.419 e. The summed E-state index contributed by atoms with van der Waals surface area (Å²) in [5.74, 6) is -0.386. The fraction of sp³-hybridized carbons (Fsp3) is 0.176. The summed E-state index contributed by atoms with van der Waals surface area (Å²) in [6.07, 6.45) is 0.642. The van der Waals surface area contributed by atoms with Crippen molar-refractivity contribution < 1.29 is 9.21 Å². The number of aromatic nitrogens is 1. The van der Waals surface area contributed by atoms with Crippen molar-refractivity contribution in [3.8, 4) is 0 Å². The molecule has 124 valence electrons. The second-order valence-corrected chi connectivity index (χ2v) is 5.80. The van der Waals surface area contributed by atoms with Crippen LogP contribution in [-0.4, -0.2) is 17.1 Å². The number of carbonyl (C=O) groups excluding carboxylic acids is 1. The highest BCUT2D eigenvalue weighted by Gasteiger charge is 2.07. The maximum atomic E-state index is 11.8. The third kappa shape index (κ3) is 3.60. The number of oxazole rings is 1. The lowest BCUT2D eigenvalue weighted by Crippen LogP contribution is -2.30. The fourth-order valence-electron chi connectivity index (χ4n) is 2.36. The van der Waals surface area contributed by atoms with Crippen LogP contribution in [0.25, 0.3) is 11.1 Å². The Bertz CT molecular complexity index is 928. The number of halogens is 1. The molecule has 6 nitrogen and oxygen atoms in total. The van der Waals surface area contributed by atoms with Crippen LogP contribution in [0.5, 0.6) is 0 Å². The Morgan fingerprint density at radius 3 is 2.71 bits per heavy atom. The van der Waals surface area contributed by atoms with Crippen LogP contribution in [0.2, 0.25) is 5.02 Å². The molecule has 0 spiro atoms. The first kappa shape index (κ1) is 16.1. The second kappa shape index (κ2) is 6.80. The number of urea groups is 1. The molecular weight excluding hydrogens is 330 g/mol. The first-order valence-corrected chi connectivity index (χ1v) is 7.79. The van der Waals surface area contributed by atoms with E-state index in [-0.39, 0.29) is 11.8 Å². The van der Waals surface area contributed by atoms with Gasteiger partial charge in [-0.15, -0.1) is 0 Å². The second-order valence-electron chi connectivity index (χ2n) is 5.37. The molecule has 0 fully saturated rings. The molecule has 1 aromatic heterocycles. The topological polar surface area (TPSA) is 76.3 Å². The van der Waals surface area contributed by atoms with Crippen molar-refractivity contribution in [1.82, 2.24) is 9.88 Å². The van der Waals surface area contributed by atoms with E-state index in [1.54, 1.807) is 37.4 Å². The van der Waals surface area contributed by atoms with E-state index in [4.69, 9.17) is 16.0 Å². The predicted molar refractivity (Wildman–Crippen MR) is 93.6 cm³/mol. The van der Waals surface area contributed by atoms with Gasteiger partial charge in [0.15, 0.2) is 5.58 Å². The molecule has 0 aliphatic carbocycles. The molecule has 0 bridgehead atoms. The van der Waals surface area contributed by atoms with E-state index >= 15 is 0 Å². The minimum absolute atomic E-state index is 0.283. The zero-order valence-electron chi connectivity index (χ0n) is 13.0. The Morgan fingerprint density at radius 2 is 1.96 bits per heavy atom. The van der Waals surface area contributed by atoms with Gasteiger partial charge >= 0.3 is 11.8 Å². The van der Waals surface area contributed by atoms with Crippen LogP contribution in [-0.2, 0) is 13.5 Å². The highest BCUT2D eigenvalue weighted by molar-refractivity contribution is 6.30. The molecular formula is C17H16ClN3O3. The van der Waals surface area contributed by atoms with Crippen LogP contribution >= 0.6 is 11.6 Å². The van der Waals surface area contributed by atoms with Crippen molar-refractivity contribution in [2.24, 2.45) is 7.05 Å². The molecule has 2 amide bonds. The number of nitrogens with zero attached hydrogens (tertiary/aromatic N) is 1. The van der Waals surface area contributed by atoms with Crippen molar-refractivity contribution in [2.45, 2.75) is 6.42 Å². The molecule has 0 aliphatic heterocycles. The largest absolute Gasteiger partial charge is 0.419 e. The molecule has 1 heterocycles. The third-order valence-electron chi connectivity index (χ3n) is 3.66. The number of anilines is 1. The summed E-state index contributed by atoms with van der Waals surface area (Å²) in [5, 5.41) is 6.13. The molecule has 0 saturated heterocycles. The summed E-state index contributed by atoms with van der Waals surface area (Å²) < 4.78 is 6.55. The SMILES string of the molecule is Cn1c(=O)oc2ccc(CCNC(=O)Nc3ccc(Cl)cc3)cc21. The molecule has 0 unspecified atom stereocenters. The van der Waals surface area contributed by atoms with Crippen LogP contribution in [0.15, 0.2) is 51.7 Å². The van der Waals surface area contributed by atoms with Gasteiger partial charge in [0.2, 0.25) is 0 Å². The van der Waals surface area contributed by atoms with Gasteiger partial charge in [-0.05, 0) is 48.4 Å². The Kier molecular flexibility index (Phi) is 4.57. The Morgan fingerprint density at radius 1 is 1.21 bits per heavy atom. The fourth-order valence-corrected chi connectivity index (χ4v) is 2.48. The van der Waals surface area contributed by atoms with Crippen LogP contribution in [0, 0.1) is 0 Å². The molecule has 0 radical (unpaired) electrons. The number of hydrogen-bond acceptors (Lipinski definition) is 3. The van der Waals surface area contributed by atoms with Crippen molar-refractivity contribution >= 4 is 34.4 Å². The number of fused-ring (bicyclic) bond motifs is 1. The van der Waals surface area contributed by atoms with Crippen LogP contribution in [0.1, 0.15) is 5.56 Å². The summed E-state index contributed by atoms with van der Waals surface area (Å²) in [4.78, 5) is 23.3. The summed E-state index contributed by atoms with van der Waals surface area (Å²) in [6.45, 7) is 0.469. The van der Waals surface area contributed by atoms with E-state index in [2.05, 4.69) is 10.6 Å². The van der Waals surface area contributed by atoms with Crippen LogP contribution in [0.3, 0.4) is 0 Å². The lowest BCUT2D eigenvalue weighted by molar-refractivity contribution is 0.252. The van der Waals surface area contributed by atoms with E-state index in [1.807, 2.05) is 12.1 Å². The summed E-state index contributed by atoms with van der Waals surface area (Å²) in [5.41, 5.74) is 2.97. The first-order valence-electron chi connectivity index (χ1n) is 7.42. The molecule has 24 heavy (non-hydrogen) atoms. The zero-order chi connectivity index (χ0) is 17.1. The van der Waals surface area contributed by atoms with Gasteiger partial charge < -0.3 is 15.1 Å². The van der Waals surface area contributed by atoms with Crippen molar-refractivity contribution in [3.05, 3.63) is 63.6 Å². The van der Waals surface area contributed by atoms with E-state index in [0.29, 0.717) is 29.3 Å². The quantitative estimate of drug-likeness (QED) is 0.762. The standard InChI is InChI=1S/C17H16ClN3O3/c1-21-14-10-11(2-7-15(14)24-17(21)23)8-9-19-16(22)20-13-5-3-12(18)4-6-13/h2-7,10H,8-9H2,1H3,(H2,19,20,22). The number of benzene rings is 2. The smallest absolute Gasteiger partial charge is 0.408 e. The van der Waals surface area contributed by atoms with Gasteiger partial charge in [-0.3, -0.25) is 4.57 Å². The van der Waals surface area contributed by atoms with Gasteiger partial charge in [0.25, 0.3) is 0 Å². The number of hydrogen-bond donors (Lipinski definition) is 2. The van der Waals surface area contributed by atoms with Crippen molar-refractivity contribution in [1.29, 1.82) is 0 Å². The average molecular weight is 346 g/mol. The Balaban J connectivity index is 1.56. The summed E-state index contributed by atoms with van der Waals surface area (Å²) in [6, 6.07) is 12.1. The summed E-state index contributed by atoms with van der Waals surface area (Å²) >= 11 is 5.80. The molecule has 0 atom stereocenters. The average Bonchev–Trinajstić information content (AvgIpc) is 2.84. The molecule has 7 heteroatoms. The monoisotopic (exact) mass is 345 g/mol. The van der Waals surface area contributed by atoms with Gasteiger partial charge in [-0.25, -0.2) is 9.59 Å². The van der Waals surface area contributed by atoms with E-state index < -0.39 is 0 Å². The lowest BCUT2D eigenvalue weighted by Gasteiger charge is -2.08. The number of amides is 2. The van der Waals surface area contributed by atoms with Crippen molar-refractivity contribution in [3.63, 3.8) is 0 Å². The van der Waals surface area contributed by atoms with Gasteiger partial charge in [-0.2, -0.15) is 0 Å². The minimum atomic E-state index is -0.386. The molecule has 3 aromatic rings. The van der Waals surface area contributed by atoms with E-state index in [1.165, 1.54) is 4.57 Å². The van der Waals surface area contributed by atoms with Gasteiger partial charge in [-0.1, -0.05) is 17.7 Å². The molecule has 3 rings (SSSR count). The highest BCUT2D eigenvalue weighted by atomic mass is 35.5. The maximum absolute atomic E-state index is 11.8. The van der Waals surface area contributed by atoms with Gasteiger partial charge in [0, 0.05) is 24.3 Å². The number of aryl methyl sites for hydroxylation is 1. The van der Waals surface area contributed by atoms with E-state index in [0.717, 1.165) is 11.1 Å². The summed E-state index contributed by atoms with van der Waals surface area (Å²) in [7, 11) is 1.66. The predicted octanol–water partition coefficient (Wildman–Crippen LogP) is 3.15. The van der Waals surface area contributed by atoms with E-state index in [9.17, 15) is 9.59 Å². The lowest BCUT2D eigenvalue weighted by atomic mass is 10.1. The number of rotatable bonds is 4. The number of carbonyl (C=O) groups is 1. The normalized spacial score (nSPS) is 10.8. The first-order chi connectivity index (χ1) is 11.5. The Labute approximate surface area is 143 Å². The van der Waals surface area contributed by atoms with Crippen LogP contribution in [0.4, 0.5) is 10.5 Å². The van der Waals surface area contributed by atoms with Gasteiger partial charge in [0.05, 0.1) is 5.52 Å². The Hall–Kier alpha value is -2.73. The van der Waals surface area contributed by atoms with Crippen LogP contribution < -0.4 is 16.4 Å². The number of nitrogens with one attached hydrogen (secondary N) is 2. The molecule has 0 aliphatic rings. The molecule has 2 N–H and O–H groups in total. The molecule has 2 aromatic carbocycles. The highest BCUT2D eigenvalue weighted by Crippen LogP contribution is 2.15. The zero-order valence-corrected chi connectivity index (χ0v) is 13.8. The van der Waals surface area contributed by atoms with Gasteiger partial charge in [0.1, 0.15) is 0 Å².